The van der Waals surface area contributed by atoms with E-state index in [9.17, 15) is 30.0 Å². The van der Waals surface area contributed by atoms with Gasteiger partial charge < -0.3 is 44.1 Å². The number of ketones is 1. The van der Waals surface area contributed by atoms with Crippen LogP contribution in [0.25, 0.3) is 0 Å². The molecule has 3 saturated heterocycles. The van der Waals surface area contributed by atoms with Crippen molar-refractivity contribution in [2.45, 2.75) is 195 Å². The van der Waals surface area contributed by atoms with Crippen molar-refractivity contribution in [3.05, 3.63) is 0 Å². The summed E-state index contributed by atoms with van der Waals surface area (Å²) in [5.41, 5.74) is -3.24. The van der Waals surface area contributed by atoms with Crippen molar-refractivity contribution in [2.24, 2.45) is 34.5 Å². The monoisotopic (exact) mass is 768 g/mol. The van der Waals surface area contributed by atoms with Gasteiger partial charge in [-0.15, -0.1) is 12.3 Å². The molecule has 312 valence electrons. The van der Waals surface area contributed by atoms with E-state index in [1.54, 1.807) is 27.7 Å². The first-order valence-corrected chi connectivity index (χ1v) is 20.2. The van der Waals surface area contributed by atoms with Crippen LogP contribution in [0.15, 0.2) is 0 Å². The zero-order chi connectivity index (χ0) is 41.1. The van der Waals surface area contributed by atoms with E-state index in [0.717, 1.165) is 0 Å². The Hall–Kier alpha value is -1.66. The van der Waals surface area contributed by atoms with Gasteiger partial charge in [0.1, 0.15) is 23.6 Å². The van der Waals surface area contributed by atoms with Crippen LogP contribution in [0.1, 0.15) is 122 Å². The van der Waals surface area contributed by atoms with Gasteiger partial charge in [-0.05, 0) is 65.8 Å². The van der Waals surface area contributed by atoms with Crippen LogP contribution in [0.2, 0.25) is 0 Å². The third-order valence-electron chi connectivity index (χ3n) is 13.1. The molecular formula is C42H73NO11. The predicted octanol–water partition coefficient (Wildman–Crippen LogP) is 4.47. The maximum atomic E-state index is 14.2. The van der Waals surface area contributed by atoms with E-state index >= 15 is 0 Å². The maximum Gasteiger partial charge on any atom is 0.311 e. The number of hydrogen-bond acceptors (Lipinski definition) is 12. The van der Waals surface area contributed by atoms with Crippen LogP contribution in [0.5, 0.6) is 0 Å². The number of Topliss-reactive ketones (excluding diaryl/α,β-unsaturated/α-hetero) is 1. The lowest BCUT2D eigenvalue weighted by Crippen LogP contribution is -2.59. The van der Waals surface area contributed by atoms with Crippen molar-refractivity contribution in [1.82, 2.24) is 4.90 Å². The highest BCUT2D eigenvalue weighted by Crippen LogP contribution is 2.45. The quantitative estimate of drug-likeness (QED) is 0.193. The van der Waals surface area contributed by atoms with E-state index in [4.69, 9.17) is 30.1 Å². The number of aliphatic hydroxyl groups excluding tert-OH is 3. The molecule has 3 heterocycles. The van der Waals surface area contributed by atoms with Crippen molar-refractivity contribution in [2.75, 3.05) is 13.6 Å². The summed E-state index contributed by atoms with van der Waals surface area (Å²) in [5.74, 6) is -1.30. The summed E-state index contributed by atoms with van der Waals surface area (Å²) in [6.45, 7) is 22.5. The van der Waals surface area contributed by atoms with Gasteiger partial charge in [0.15, 0.2) is 12.6 Å². The van der Waals surface area contributed by atoms with Crippen molar-refractivity contribution >= 4 is 11.8 Å². The number of likely N-dealkylation sites (N-methyl/N-ethyl adjacent to an activating group) is 1. The molecule has 0 unspecified atom stereocenters. The van der Waals surface area contributed by atoms with Gasteiger partial charge in [-0.3, -0.25) is 14.5 Å². The number of esters is 1. The lowest BCUT2D eigenvalue weighted by molar-refractivity contribution is -0.307. The average Bonchev–Trinajstić information content (AvgIpc) is 3.11. The normalized spacial score (nSPS) is 45.7. The SMILES string of the molecule is C#CCCN(C)[C@H]1C[C@@H](C)O[C@@H](O[C@@H]2[C@@H](C)[C@H](O[C@H]3C[C@@](C)(CC)[C@@H](O)[C@H](C)O3)[C@@H](C)C(=O)O[C@H](CC)[C@@](C)(O)[C@H](O)[C@@H](C)C(=O)[C@H](C)CC2(C)C)[C@@H]1O. The van der Waals surface area contributed by atoms with E-state index in [0.29, 0.717) is 38.6 Å². The number of cyclic esters (lactones) is 1. The van der Waals surface area contributed by atoms with E-state index in [-0.39, 0.29) is 24.3 Å². The third-order valence-corrected chi connectivity index (χ3v) is 13.1. The second-order valence-corrected chi connectivity index (χ2v) is 18.1. The van der Waals surface area contributed by atoms with E-state index in [1.165, 1.54) is 6.92 Å². The van der Waals surface area contributed by atoms with Crippen molar-refractivity contribution in [1.29, 1.82) is 0 Å². The first kappa shape index (κ1) is 46.7. The Balaban J connectivity index is 2.18. The third kappa shape index (κ3) is 10.3. The molecule has 0 saturated carbocycles. The second kappa shape index (κ2) is 18.7. The van der Waals surface area contributed by atoms with E-state index in [1.807, 2.05) is 60.4 Å². The summed E-state index contributed by atoms with van der Waals surface area (Å²) in [6.07, 6.45) is -0.562. The second-order valence-electron chi connectivity index (χ2n) is 18.1. The molecule has 17 atom stereocenters. The van der Waals surface area contributed by atoms with Gasteiger partial charge >= 0.3 is 5.97 Å². The van der Waals surface area contributed by atoms with Crippen molar-refractivity contribution in [3.63, 3.8) is 0 Å². The molecule has 4 N–H and O–H groups in total. The molecule has 3 fully saturated rings. The first-order chi connectivity index (χ1) is 25.0. The minimum atomic E-state index is -1.93. The smallest absolute Gasteiger partial charge is 0.311 e. The summed E-state index contributed by atoms with van der Waals surface area (Å²) in [6, 6.07) is -0.304. The maximum absolute atomic E-state index is 14.2. The van der Waals surface area contributed by atoms with Crippen LogP contribution >= 0.6 is 0 Å². The molecule has 0 aliphatic carbocycles. The molecule has 3 rings (SSSR count). The molecule has 0 aromatic heterocycles. The molecule has 12 heteroatoms. The molecule has 0 radical (unpaired) electrons. The van der Waals surface area contributed by atoms with Gasteiger partial charge in [-0.1, -0.05) is 55.4 Å². The molecule has 3 aliphatic rings. The van der Waals surface area contributed by atoms with Crippen LogP contribution in [0, 0.1) is 46.8 Å². The first-order valence-electron chi connectivity index (χ1n) is 20.2. The molecule has 54 heavy (non-hydrogen) atoms. The van der Waals surface area contributed by atoms with Gasteiger partial charge in [0.25, 0.3) is 0 Å². The fourth-order valence-corrected chi connectivity index (χ4v) is 9.36. The predicted molar refractivity (Wildman–Crippen MR) is 205 cm³/mol. The largest absolute Gasteiger partial charge is 0.459 e. The Morgan fingerprint density at radius 2 is 1.56 bits per heavy atom. The van der Waals surface area contributed by atoms with Crippen LogP contribution in [-0.4, -0.2) is 124 Å². The number of nitrogens with zero attached hydrogens (tertiary/aromatic N) is 1. The number of hydrogen-bond donors (Lipinski definition) is 4. The van der Waals surface area contributed by atoms with E-state index in [2.05, 4.69) is 5.92 Å². The number of terminal acetylenes is 1. The Morgan fingerprint density at radius 3 is 2.13 bits per heavy atom. The minimum absolute atomic E-state index is 0.181. The zero-order valence-corrected chi connectivity index (χ0v) is 35.3. The van der Waals surface area contributed by atoms with Crippen LogP contribution < -0.4 is 0 Å². The fourth-order valence-electron chi connectivity index (χ4n) is 9.36. The summed E-state index contributed by atoms with van der Waals surface area (Å²) in [5, 5.41) is 46.0. The topological polar surface area (TPSA) is 164 Å². The summed E-state index contributed by atoms with van der Waals surface area (Å²) in [4.78, 5) is 30.3. The zero-order valence-electron chi connectivity index (χ0n) is 35.3. The average molecular weight is 768 g/mol. The Labute approximate surface area is 325 Å². The number of rotatable bonds is 9. The standard InChI is InChI=1S/C42H73NO11/c1-15-18-19-43(14)29-20-24(5)50-39(33(29)45)54-37-26(7)34(53-31-22-41(12,17-3)36(47)28(9)51-31)27(8)38(48)52-30(16-2)42(13,49)35(46)25(6)32(44)23(4)21-40(37,10)11/h1,23-31,33-37,39,45-47,49H,16-22H2,2-14H3/t23-,24-,25+,26+,27-,28+,29+,30-,31+,33-,34+,35-,36+,37-,39+,41-,42-/m1/s1. The van der Waals surface area contributed by atoms with Crippen molar-refractivity contribution in [3.8, 4) is 12.3 Å². The molecule has 0 aromatic rings. The van der Waals surface area contributed by atoms with Gasteiger partial charge in [0.05, 0.1) is 42.5 Å². The van der Waals surface area contributed by atoms with E-state index < -0.39 is 101 Å². The highest BCUT2D eigenvalue weighted by molar-refractivity contribution is 5.83. The molecule has 0 bridgehead atoms. The molecule has 0 aromatic carbocycles. The van der Waals surface area contributed by atoms with Gasteiger partial charge in [0, 0.05) is 48.6 Å². The molecule has 12 nitrogen and oxygen atoms in total. The molecule has 0 amide bonds. The summed E-state index contributed by atoms with van der Waals surface area (Å²) in [7, 11) is 1.92. The fraction of sp³-hybridized carbons (Fsp3) is 0.905. The van der Waals surface area contributed by atoms with Gasteiger partial charge in [-0.25, -0.2) is 0 Å². The molecular weight excluding hydrogens is 694 g/mol. The van der Waals surface area contributed by atoms with Crippen LogP contribution in [-0.2, 0) is 33.3 Å². The van der Waals surface area contributed by atoms with Gasteiger partial charge in [-0.2, -0.15) is 0 Å². The lowest BCUT2D eigenvalue weighted by atomic mass is 9.69. The lowest BCUT2D eigenvalue weighted by Gasteiger charge is -2.50. The van der Waals surface area contributed by atoms with Gasteiger partial charge in [0.2, 0.25) is 0 Å². The number of ether oxygens (including phenoxy) is 5. The Morgan fingerprint density at radius 1 is 0.926 bits per heavy atom. The van der Waals surface area contributed by atoms with Crippen LogP contribution in [0.4, 0.5) is 0 Å². The number of carbonyl (C=O) groups excluding carboxylic acids is 2. The highest BCUT2D eigenvalue weighted by Gasteiger charge is 2.52. The number of carbonyl (C=O) groups is 2. The van der Waals surface area contributed by atoms with Crippen molar-refractivity contribution < 1.29 is 53.7 Å². The van der Waals surface area contributed by atoms with Crippen LogP contribution in [0.3, 0.4) is 0 Å². The number of aliphatic hydroxyl groups is 4. The summed E-state index contributed by atoms with van der Waals surface area (Å²) < 4.78 is 32.4. The Kier molecular flexibility index (Phi) is 16.2. The highest BCUT2D eigenvalue weighted by atomic mass is 16.7. The molecule has 3 aliphatic heterocycles. The Bertz CT molecular complexity index is 1290. The summed E-state index contributed by atoms with van der Waals surface area (Å²) >= 11 is 0. The minimum Gasteiger partial charge on any atom is -0.459 e. The molecule has 0 spiro atoms.